The van der Waals surface area contributed by atoms with Gasteiger partial charge in [0, 0.05) is 40.9 Å². The van der Waals surface area contributed by atoms with Gasteiger partial charge in [-0.15, -0.1) is 0 Å². The molecule has 12 heteroatoms. The Kier molecular flexibility index (Phi) is 12.2. The molecule has 3 aromatic carbocycles. The van der Waals surface area contributed by atoms with E-state index in [0.717, 1.165) is 34.1 Å². The van der Waals surface area contributed by atoms with Gasteiger partial charge in [-0.3, -0.25) is 10.2 Å². The normalized spacial score (nSPS) is 17.5. The number of carbonyl (C=O) groups is 1. The third-order valence-corrected chi connectivity index (χ3v) is 7.72. The van der Waals surface area contributed by atoms with Crippen molar-refractivity contribution in [3.63, 3.8) is 0 Å². The Morgan fingerprint density at radius 2 is 1.84 bits per heavy atom. The Hall–Kier alpha value is -3.93. The molecule has 0 spiro atoms. The lowest BCUT2D eigenvalue weighted by Gasteiger charge is -2.31. The highest BCUT2D eigenvalue weighted by Gasteiger charge is 2.53. The van der Waals surface area contributed by atoms with Gasteiger partial charge in [-0.2, -0.15) is 0 Å². The minimum Gasteiger partial charge on any atom is -0.494 e. The zero-order valence-corrected chi connectivity index (χ0v) is 26.5. The summed E-state index contributed by atoms with van der Waals surface area (Å²) in [5.74, 6) is 0.645. The van der Waals surface area contributed by atoms with Gasteiger partial charge < -0.3 is 19.5 Å². The largest absolute Gasteiger partial charge is 0.494 e. The van der Waals surface area contributed by atoms with Gasteiger partial charge in [-0.05, 0) is 85.7 Å². The van der Waals surface area contributed by atoms with E-state index >= 15 is 0 Å². The van der Waals surface area contributed by atoms with Crippen LogP contribution in [-0.2, 0) is 22.5 Å². The van der Waals surface area contributed by atoms with Gasteiger partial charge in [-0.25, -0.2) is 10.4 Å². The van der Waals surface area contributed by atoms with Crippen molar-refractivity contribution in [3.05, 3.63) is 110 Å². The summed E-state index contributed by atoms with van der Waals surface area (Å²) in [6.07, 6.45) is 0.807. The summed E-state index contributed by atoms with van der Waals surface area (Å²) in [5.41, 5.74) is 16.7. The molecule has 0 fully saturated rings. The van der Waals surface area contributed by atoms with Gasteiger partial charge in [0.15, 0.2) is 11.6 Å². The number of hydrogen-bond acceptors (Lipinski definition) is 8. The number of amides is 1. The second-order valence-corrected chi connectivity index (χ2v) is 11.6. The molecule has 4 rings (SSSR count). The maximum Gasteiger partial charge on any atom is 0.266 e. The SMILES string of the molecule is CN(C)CCCNNC(=O)[C@@]1(Cc2ccccc2CN=[N+]=[N-])N=C(c2ccc(OCCCO)cc2)O[C@H]1c1ccc(Br)cc1. The van der Waals surface area contributed by atoms with E-state index in [2.05, 4.69) is 41.7 Å². The number of carbonyl (C=O) groups excluding carboxylic acids is 1. The number of ether oxygens (including phenoxy) is 2. The number of aliphatic hydroxyl groups is 1. The minimum atomic E-state index is -1.40. The second kappa shape index (κ2) is 16.2. The van der Waals surface area contributed by atoms with E-state index in [1.54, 1.807) is 0 Å². The zero-order valence-electron chi connectivity index (χ0n) is 24.9. The highest BCUT2D eigenvalue weighted by molar-refractivity contribution is 9.10. The average molecular weight is 665 g/mol. The van der Waals surface area contributed by atoms with E-state index in [0.29, 0.717) is 36.8 Å². The number of rotatable bonds is 16. The fourth-order valence-electron chi connectivity index (χ4n) is 4.94. The van der Waals surface area contributed by atoms with Crippen LogP contribution in [0.4, 0.5) is 0 Å². The Balaban J connectivity index is 1.76. The van der Waals surface area contributed by atoms with Crippen LogP contribution in [0.3, 0.4) is 0 Å². The van der Waals surface area contributed by atoms with Crippen LogP contribution in [0.5, 0.6) is 5.75 Å². The summed E-state index contributed by atoms with van der Waals surface area (Å²) in [7, 11) is 4.01. The van der Waals surface area contributed by atoms with Crippen molar-refractivity contribution in [2.75, 3.05) is 40.4 Å². The summed E-state index contributed by atoms with van der Waals surface area (Å²) in [6, 6.07) is 22.6. The Morgan fingerprint density at radius 1 is 1.11 bits per heavy atom. The van der Waals surface area contributed by atoms with Crippen LogP contribution >= 0.6 is 15.9 Å². The van der Waals surface area contributed by atoms with Crippen LogP contribution in [0, 0.1) is 0 Å². The third-order valence-electron chi connectivity index (χ3n) is 7.19. The van der Waals surface area contributed by atoms with E-state index in [9.17, 15) is 4.79 Å². The molecule has 2 atom stereocenters. The third kappa shape index (κ3) is 8.58. The van der Waals surface area contributed by atoms with Gasteiger partial charge in [0.25, 0.3) is 5.91 Å². The maximum absolute atomic E-state index is 14.3. The molecule has 0 aromatic heterocycles. The molecular weight excluding hydrogens is 626 g/mol. The van der Waals surface area contributed by atoms with Gasteiger partial charge in [-0.1, -0.05) is 57.4 Å². The quantitative estimate of drug-likeness (QED) is 0.0640. The Bertz CT molecular complexity index is 1460. The summed E-state index contributed by atoms with van der Waals surface area (Å²) in [5, 5.41) is 12.8. The molecule has 0 unspecified atom stereocenters. The summed E-state index contributed by atoms with van der Waals surface area (Å²) < 4.78 is 13.2. The minimum absolute atomic E-state index is 0.0564. The van der Waals surface area contributed by atoms with Crippen molar-refractivity contribution in [1.82, 2.24) is 15.8 Å². The van der Waals surface area contributed by atoms with Crippen LogP contribution in [0.2, 0.25) is 0 Å². The number of nitrogens with one attached hydrogen (secondary N) is 2. The van der Waals surface area contributed by atoms with Gasteiger partial charge in [0.05, 0.1) is 13.2 Å². The molecule has 1 aliphatic rings. The first kappa shape index (κ1) is 33.0. The average Bonchev–Trinajstić information content (AvgIpc) is 3.41. The number of benzene rings is 3. The molecule has 44 heavy (non-hydrogen) atoms. The van der Waals surface area contributed by atoms with Crippen LogP contribution in [0.15, 0.2) is 87.4 Å². The number of aliphatic hydroxyl groups excluding tert-OH is 1. The lowest BCUT2D eigenvalue weighted by Crippen LogP contribution is -2.54. The molecule has 0 radical (unpaired) electrons. The van der Waals surface area contributed by atoms with Crippen LogP contribution < -0.4 is 15.6 Å². The molecule has 3 N–H and O–H groups in total. The van der Waals surface area contributed by atoms with Gasteiger partial charge in [0.2, 0.25) is 5.90 Å². The van der Waals surface area contributed by atoms with E-state index in [1.807, 2.05) is 86.9 Å². The molecule has 232 valence electrons. The number of nitrogens with zero attached hydrogens (tertiary/aromatic N) is 5. The Morgan fingerprint density at radius 3 is 2.52 bits per heavy atom. The highest BCUT2D eigenvalue weighted by Crippen LogP contribution is 2.43. The molecule has 0 bridgehead atoms. The summed E-state index contributed by atoms with van der Waals surface area (Å²) in [4.78, 5) is 24.4. The first-order valence-corrected chi connectivity index (χ1v) is 15.3. The standard InChI is InChI=1S/C32H38BrN7O4/c1-40(2)18-5-17-35-38-31(42)32(21-25-7-3-4-8-26(25)22-36-39-34)29(23-9-13-27(33)14-10-23)44-30(37-32)24-11-15-28(16-12-24)43-20-6-19-41/h3-4,7-16,29,35,41H,5-6,17-22H2,1-2H3,(H,38,42)/t29-,32-/m0/s1. The van der Waals surface area contributed by atoms with E-state index in [1.165, 1.54) is 0 Å². The lowest BCUT2D eigenvalue weighted by atomic mass is 9.81. The first-order chi connectivity index (χ1) is 21.4. The summed E-state index contributed by atoms with van der Waals surface area (Å²) >= 11 is 3.51. The number of aliphatic imine (C=N–C) groups is 1. The van der Waals surface area contributed by atoms with Crippen molar-refractivity contribution in [2.24, 2.45) is 10.1 Å². The Labute approximate surface area is 266 Å². The van der Waals surface area contributed by atoms with Crippen molar-refractivity contribution in [3.8, 4) is 5.75 Å². The van der Waals surface area contributed by atoms with Gasteiger partial charge in [0.1, 0.15) is 5.75 Å². The molecule has 0 saturated heterocycles. The smallest absolute Gasteiger partial charge is 0.266 e. The van der Waals surface area contributed by atoms with Crippen LogP contribution in [0.25, 0.3) is 10.4 Å². The molecule has 1 aliphatic heterocycles. The van der Waals surface area contributed by atoms with Crippen molar-refractivity contribution in [2.45, 2.75) is 37.5 Å². The molecule has 0 saturated carbocycles. The lowest BCUT2D eigenvalue weighted by molar-refractivity contribution is -0.130. The molecule has 1 amide bonds. The summed E-state index contributed by atoms with van der Waals surface area (Å²) in [6.45, 7) is 2.05. The van der Waals surface area contributed by atoms with Crippen molar-refractivity contribution < 1.29 is 19.4 Å². The molecular formula is C32H38BrN7O4. The first-order valence-electron chi connectivity index (χ1n) is 14.5. The maximum atomic E-state index is 14.3. The monoisotopic (exact) mass is 663 g/mol. The molecule has 1 heterocycles. The number of halogens is 1. The molecule has 11 nitrogen and oxygen atoms in total. The number of hydrogen-bond donors (Lipinski definition) is 3. The van der Waals surface area contributed by atoms with E-state index in [-0.39, 0.29) is 25.5 Å². The van der Waals surface area contributed by atoms with Crippen LogP contribution in [-0.4, -0.2) is 67.7 Å². The van der Waals surface area contributed by atoms with E-state index < -0.39 is 11.6 Å². The molecule has 0 aliphatic carbocycles. The predicted molar refractivity (Wildman–Crippen MR) is 173 cm³/mol. The fraction of sp³-hybridized carbons (Fsp3) is 0.375. The van der Waals surface area contributed by atoms with Crippen molar-refractivity contribution >= 4 is 27.7 Å². The van der Waals surface area contributed by atoms with Crippen LogP contribution in [0.1, 0.15) is 41.2 Å². The van der Waals surface area contributed by atoms with Crippen molar-refractivity contribution in [1.29, 1.82) is 0 Å². The predicted octanol–water partition coefficient (Wildman–Crippen LogP) is 5.09. The number of azide groups is 1. The van der Waals surface area contributed by atoms with Gasteiger partial charge >= 0.3 is 0 Å². The highest BCUT2D eigenvalue weighted by atomic mass is 79.9. The van der Waals surface area contributed by atoms with E-state index in [4.69, 9.17) is 25.1 Å². The molecule has 3 aromatic rings. The second-order valence-electron chi connectivity index (χ2n) is 10.7. The zero-order chi connectivity index (χ0) is 31.4. The fourth-order valence-corrected chi connectivity index (χ4v) is 5.20. The number of hydrazine groups is 1. The topological polar surface area (TPSA) is 144 Å².